The van der Waals surface area contributed by atoms with Gasteiger partial charge in [0.2, 0.25) is 0 Å². The van der Waals surface area contributed by atoms with Crippen molar-refractivity contribution in [2.45, 2.75) is 12.5 Å². The van der Waals surface area contributed by atoms with Crippen LogP contribution in [0.2, 0.25) is 0 Å². The first-order valence-electron chi connectivity index (χ1n) is 1.55. The highest BCUT2D eigenvalue weighted by molar-refractivity contribution is 4.59. The first kappa shape index (κ1) is 7.32. The molecule has 8 heavy (non-hydrogen) atoms. The molecule has 0 radical (unpaired) electrons. The Morgan fingerprint density at radius 2 is 1.75 bits per heavy atom. The van der Waals surface area contributed by atoms with Gasteiger partial charge in [0.15, 0.2) is 0 Å². The fraction of sp³-hybridized carbons (Fsp3) is 1.00. The van der Waals surface area contributed by atoms with Crippen LogP contribution in [0.5, 0.6) is 0 Å². The summed E-state index contributed by atoms with van der Waals surface area (Å²) in [7, 11) is 0. The molecule has 48 valence electrons. The van der Waals surface area contributed by atoms with Crippen molar-refractivity contribution in [1.82, 2.24) is 0 Å². The summed E-state index contributed by atoms with van der Waals surface area (Å²) in [5, 5.41) is 1.39. The largest absolute Gasteiger partial charge is 0.418 e. The van der Waals surface area contributed by atoms with Gasteiger partial charge in [0.1, 0.15) is 0 Å². The lowest BCUT2D eigenvalue weighted by molar-refractivity contribution is -0.127. The van der Waals surface area contributed by atoms with Crippen LogP contribution in [0.15, 0.2) is 5.11 Å². The molecule has 0 heterocycles. The summed E-state index contributed by atoms with van der Waals surface area (Å²) in [5.41, 5.74) is 5.53. The molecule has 0 spiro atoms. The van der Waals surface area contributed by atoms with Gasteiger partial charge in [-0.15, -0.1) is 5.11 Å². The predicted molar refractivity (Wildman–Crippen MR) is 16.1 cm³/mol. The molecule has 0 aromatic rings. The summed E-state index contributed by atoms with van der Waals surface area (Å²) >= 11 is 0. The number of hydrogen-bond acceptors (Lipinski definition) is 2. The van der Waals surface area contributed by atoms with Crippen LogP contribution in [0.1, 0.15) is 0 Å². The molecule has 0 rings (SSSR count). The third-order valence-electron chi connectivity index (χ3n) is 0.412. The number of alkyl halides is 4. The van der Waals surface area contributed by atoms with E-state index in [4.69, 9.17) is 5.53 Å². The summed E-state index contributed by atoms with van der Waals surface area (Å²) in [6.45, 7) is 0. The molecule has 0 saturated carbocycles. The Morgan fingerprint density at radius 1 is 1.38 bits per heavy atom. The molecule has 0 aliphatic heterocycles. The van der Waals surface area contributed by atoms with Crippen molar-refractivity contribution in [3.8, 4) is 0 Å². The first-order valence-corrected chi connectivity index (χ1v) is 1.55. The maximum atomic E-state index is 11.2. The Labute approximate surface area is 42.0 Å². The molecule has 0 unspecified atom stereocenters. The van der Waals surface area contributed by atoms with Gasteiger partial charge in [-0.05, 0) is 0 Å². The van der Waals surface area contributed by atoms with Crippen LogP contribution >= 0.6 is 0 Å². The lowest BCUT2D eigenvalue weighted by Gasteiger charge is -2.04. The third-order valence-corrected chi connectivity index (χ3v) is 0.412. The van der Waals surface area contributed by atoms with E-state index in [0.717, 1.165) is 0 Å². The predicted octanol–water partition coefficient (Wildman–Crippen LogP) is 1.88. The van der Waals surface area contributed by atoms with Crippen LogP contribution in [0.4, 0.5) is 17.6 Å². The van der Waals surface area contributed by atoms with E-state index in [1.807, 2.05) is 0 Å². The molecule has 0 fully saturated rings. The lowest BCUT2D eigenvalue weighted by atomic mass is 10.6. The van der Waals surface area contributed by atoms with E-state index < -0.39 is 12.5 Å². The highest BCUT2D eigenvalue weighted by Gasteiger charge is 2.40. The summed E-state index contributed by atoms with van der Waals surface area (Å²) in [6.07, 6.45) is -3.88. The van der Waals surface area contributed by atoms with Crippen molar-refractivity contribution in [3.63, 3.8) is 0 Å². The Balaban J connectivity index is 3.90. The van der Waals surface area contributed by atoms with Crippen LogP contribution in [-0.4, -0.2) is 12.5 Å². The average molecular weight is 130 g/mol. The molecule has 1 N–H and O–H groups in total. The van der Waals surface area contributed by atoms with Gasteiger partial charge < -0.3 is 0 Å². The Kier molecular flexibility index (Phi) is 1.88. The van der Waals surface area contributed by atoms with Gasteiger partial charge in [-0.3, -0.25) is 0 Å². The molecule has 0 aliphatic rings. The highest BCUT2D eigenvalue weighted by atomic mass is 19.3. The van der Waals surface area contributed by atoms with E-state index >= 15 is 0 Å². The average Bonchev–Trinajstić information content (AvgIpc) is 1.67. The molecule has 0 aliphatic carbocycles. The minimum Gasteiger partial charge on any atom is -0.204 e. The number of hydrogen-bond donors (Lipinski definition) is 1. The summed E-state index contributed by atoms with van der Waals surface area (Å²) in [6, 6.07) is -4.50. The standard InChI is InChI=1S/C2H2F4N2/c3-1(4)2(5,6)8-7/h1,7H. The maximum absolute atomic E-state index is 11.2. The van der Waals surface area contributed by atoms with Crippen LogP contribution in [-0.2, 0) is 0 Å². The zero-order chi connectivity index (χ0) is 6.78. The zero-order valence-electron chi connectivity index (χ0n) is 3.54. The van der Waals surface area contributed by atoms with Crippen LogP contribution in [0.25, 0.3) is 0 Å². The Morgan fingerprint density at radius 3 is 1.75 bits per heavy atom. The minimum atomic E-state index is -4.50. The van der Waals surface area contributed by atoms with Crippen molar-refractivity contribution in [2.24, 2.45) is 5.11 Å². The second-order valence-electron chi connectivity index (χ2n) is 1.00. The van der Waals surface area contributed by atoms with Gasteiger partial charge in [-0.2, -0.15) is 8.78 Å². The van der Waals surface area contributed by atoms with Crippen molar-refractivity contribution in [2.75, 3.05) is 0 Å². The van der Waals surface area contributed by atoms with Crippen molar-refractivity contribution in [1.29, 1.82) is 5.53 Å². The second-order valence-corrected chi connectivity index (χ2v) is 1.00. The Hall–Kier alpha value is -0.680. The summed E-state index contributed by atoms with van der Waals surface area (Å²) in [5.74, 6) is 0. The Bertz CT molecular complexity index is 90.0. The first-order chi connectivity index (χ1) is 3.50. The molecule has 0 aromatic carbocycles. The van der Waals surface area contributed by atoms with Gasteiger partial charge in [0.05, 0.1) is 0 Å². The van der Waals surface area contributed by atoms with Gasteiger partial charge in [-0.25, -0.2) is 14.3 Å². The van der Waals surface area contributed by atoms with Crippen LogP contribution in [0, 0.1) is 5.53 Å². The van der Waals surface area contributed by atoms with E-state index in [9.17, 15) is 17.6 Å². The smallest absolute Gasteiger partial charge is 0.204 e. The molecule has 2 nitrogen and oxygen atoms in total. The number of rotatable bonds is 2. The molecule has 6 heteroatoms. The van der Waals surface area contributed by atoms with E-state index in [-0.39, 0.29) is 0 Å². The zero-order valence-corrected chi connectivity index (χ0v) is 3.54. The van der Waals surface area contributed by atoms with Crippen LogP contribution in [0.3, 0.4) is 0 Å². The summed E-state index contributed by atoms with van der Waals surface area (Å²) < 4.78 is 44.0. The molecule has 0 atom stereocenters. The number of nitrogens with zero attached hydrogens (tertiary/aromatic N) is 1. The van der Waals surface area contributed by atoms with Crippen molar-refractivity contribution >= 4 is 0 Å². The third kappa shape index (κ3) is 1.43. The maximum Gasteiger partial charge on any atom is 0.418 e. The van der Waals surface area contributed by atoms with Crippen LogP contribution < -0.4 is 0 Å². The SMILES string of the molecule is N=NC(F)(F)C(F)F. The second kappa shape index (κ2) is 2.06. The molecular weight excluding hydrogens is 128 g/mol. The molecule has 0 amide bonds. The van der Waals surface area contributed by atoms with E-state index in [1.165, 1.54) is 5.11 Å². The number of nitrogens with one attached hydrogen (secondary N) is 1. The summed E-state index contributed by atoms with van der Waals surface area (Å²) in [4.78, 5) is 0. The molecule has 0 bridgehead atoms. The van der Waals surface area contributed by atoms with Gasteiger partial charge in [0, 0.05) is 0 Å². The fourth-order valence-electron chi connectivity index (χ4n) is 0.0488. The topological polar surface area (TPSA) is 36.2 Å². The van der Waals surface area contributed by atoms with Crippen molar-refractivity contribution < 1.29 is 17.6 Å². The molecular formula is C2H2F4N2. The quantitative estimate of drug-likeness (QED) is 0.336. The van der Waals surface area contributed by atoms with Gasteiger partial charge >= 0.3 is 12.5 Å². The van der Waals surface area contributed by atoms with Crippen molar-refractivity contribution in [3.05, 3.63) is 0 Å². The monoisotopic (exact) mass is 130 g/mol. The van der Waals surface area contributed by atoms with E-state index in [1.54, 1.807) is 0 Å². The fourth-order valence-corrected chi connectivity index (χ4v) is 0.0488. The lowest BCUT2D eigenvalue weighted by Crippen LogP contribution is -2.22. The molecule has 0 aromatic heterocycles. The normalized spacial score (nSPS) is 12.1. The van der Waals surface area contributed by atoms with Gasteiger partial charge in [0.25, 0.3) is 0 Å². The number of halogens is 4. The van der Waals surface area contributed by atoms with E-state index in [0.29, 0.717) is 0 Å². The molecule has 0 saturated heterocycles. The van der Waals surface area contributed by atoms with E-state index in [2.05, 4.69) is 0 Å². The highest BCUT2D eigenvalue weighted by Crippen LogP contribution is 2.22. The minimum absolute atomic E-state index is 1.39. The van der Waals surface area contributed by atoms with Gasteiger partial charge in [-0.1, -0.05) is 0 Å².